The van der Waals surface area contributed by atoms with Gasteiger partial charge in [0, 0.05) is 24.7 Å². The van der Waals surface area contributed by atoms with Gasteiger partial charge in [-0.25, -0.2) is 4.68 Å². The van der Waals surface area contributed by atoms with Gasteiger partial charge >= 0.3 is 0 Å². The van der Waals surface area contributed by atoms with Crippen LogP contribution in [-0.2, 0) is 4.79 Å². The normalized spacial score (nSPS) is 20.3. The average Bonchev–Trinajstić information content (AvgIpc) is 3.30. The number of carbonyl (C=O) groups excluding carboxylic acids is 2. The van der Waals surface area contributed by atoms with Gasteiger partial charge in [-0.2, -0.15) is 0 Å². The minimum absolute atomic E-state index is 0.0350. The Morgan fingerprint density at radius 3 is 2.60 bits per heavy atom. The first kappa shape index (κ1) is 15.7. The molecular weight excluding hydrogens is 320 g/mol. The molecule has 1 aliphatic carbocycles. The standard InChI is InChI=1S/C17H20N6O2/c24-16(19-14-5-6-14)13-2-1-9-22(10-13)17(25)12-3-7-15(8-4-12)23-11-18-20-21-23/h3-4,7-8,11,13-14H,1-2,5-6,9-10H2,(H,19,24). The average molecular weight is 340 g/mol. The Hall–Kier alpha value is -2.77. The predicted octanol–water partition coefficient (Wildman–Crippen LogP) is 0.793. The number of rotatable bonds is 4. The number of hydrogen-bond donors (Lipinski definition) is 1. The summed E-state index contributed by atoms with van der Waals surface area (Å²) < 4.78 is 1.54. The van der Waals surface area contributed by atoms with E-state index in [1.165, 1.54) is 11.0 Å². The third-order valence-corrected chi connectivity index (χ3v) is 4.73. The van der Waals surface area contributed by atoms with E-state index in [1.807, 2.05) is 12.1 Å². The Labute approximate surface area is 145 Å². The zero-order valence-electron chi connectivity index (χ0n) is 13.8. The number of likely N-dealkylation sites (tertiary alicyclic amines) is 1. The summed E-state index contributed by atoms with van der Waals surface area (Å²) in [6, 6.07) is 7.52. The summed E-state index contributed by atoms with van der Waals surface area (Å²) >= 11 is 0. The largest absolute Gasteiger partial charge is 0.353 e. The molecule has 4 rings (SSSR count). The maximum Gasteiger partial charge on any atom is 0.253 e. The van der Waals surface area contributed by atoms with Crippen LogP contribution >= 0.6 is 0 Å². The van der Waals surface area contributed by atoms with Crippen LogP contribution in [0.4, 0.5) is 0 Å². The highest BCUT2D eigenvalue weighted by molar-refractivity contribution is 5.95. The molecule has 1 saturated heterocycles. The van der Waals surface area contributed by atoms with Crippen LogP contribution in [0.15, 0.2) is 30.6 Å². The van der Waals surface area contributed by atoms with E-state index in [0.29, 0.717) is 24.7 Å². The molecule has 0 spiro atoms. The molecule has 0 bridgehead atoms. The van der Waals surface area contributed by atoms with E-state index in [9.17, 15) is 9.59 Å². The molecule has 0 radical (unpaired) electrons. The number of nitrogens with zero attached hydrogens (tertiary/aromatic N) is 5. The smallest absolute Gasteiger partial charge is 0.253 e. The molecule has 8 heteroatoms. The van der Waals surface area contributed by atoms with E-state index in [1.54, 1.807) is 17.0 Å². The monoisotopic (exact) mass is 340 g/mol. The summed E-state index contributed by atoms with van der Waals surface area (Å²) in [5.74, 6) is -0.0417. The van der Waals surface area contributed by atoms with Gasteiger partial charge in [-0.05, 0) is 60.4 Å². The quantitative estimate of drug-likeness (QED) is 0.888. The highest BCUT2D eigenvalue weighted by Crippen LogP contribution is 2.23. The van der Waals surface area contributed by atoms with Crippen molar-refractivity contribution in [3.8, 4) is 5.69 Å². The first-order valence-corrected chi connectivity index (χ1v) is 8.64. The Morgan fingerprint density at radius 2 is 1.92 bits per heavy atom. The van der Waals surface area contributed by atoms with Crippen molar-refractivity contribution >= 4 is 11.8 Å². The number of carbonyl (C=O) groups is 2. The minimum atomic E-state index is -0.0983. The number of benzene rings is 1. The summed E-state index contributed by atoms with van der Waals surface area (Å²) in [4.78, 5) is 26.8. The highest BCUT2D eigenvalue weighted by atomic mass is 16.2. The fourth-order valence-electron chi connectivity index (χ4n) is 3.14. The summed E-state index contributed by atoms with van der Waals surface area (Å²) in [5.41, 5.74) is 1.40. The van der Waals surface area contributed by atoms with Crippen molar-refractivity contribution in [3.05, 3.63) is 36.2 Å². The Balaban J connectivity index is 1.41. The molecule has 1 atom stereocenters. The lowest BCUT2D eigenvalue weighted by Crippen LogP contribution is -2.45. The summed E-state index contributed by atoms with van der Waals surface area (Å²) in [5, 5.41) is 14.1. The van der Waals surface area contributed by atoms with Gasteiger partial charge in [0.2, 0.25) is 5.91 Å². The molecule has 1 saturated carbocycles. The van der Waals surface area contributed by atoms with Gasteiger partial charge in [0.15, 0.2) is 0 Å². The second-order valence-electron chi connectivity index (χ2n) is 6.67. The molecule has 1 aromatic carbocycles. The molecule has 2 aromatic rings. The van der Waals surface area contributed by atoms with Crippen LogP contribution in [0.5, 0.6) is 0 Å². The first-order chi connectivity index (χ1) is 12.2. The van der Waals surface area contributed by atoms with Gasteiger partial charge in [-0.3, -0.25) is 9.59 Å². The van der Waals surface area contributed by atoms with Crippen LogP contribution in [0, 0.1) is 5.92 Å². The molecule has 8 nitrogen and oxygen atoms in total. The number of piperidine rings is 1. The fourth-order valence-corrected chi connectivity index (χ4v) is 3.14. The van der Waals surface area contributed by atoms with Crippen molar-refractivity contribution in [1.82, 2.24) is 30.4 Å². The van der Waals surface area contributed by atoms with Crippen molar-refractivity contribution in [1.29, 1.82) is 0 Å². The molecule has 25 heavy (non-hydrogen) atoms. The number of aromatic nitrogens is 4. The van der Waals surface area contributed by atoms with Crippen LogP contribution < -0.4 is 5.32 Å². The van der Waals surface area contributed by atoms with Crippen LogP contribution in [0.25, 0.3) is 5.69 Å². The topological polar surface area (TPSA) is 93.0 Å². The summed E-state index contributed by atoms with van der Waals surface area (Å²) in [7, 11) is 0. The molecule has 2 heterocycles. The fraction of sp³-hybridized carbons (Fsp3) is 0.471. The van der Waals surface area contributed by atoms with Gasteiger partial charge in [0.1, 0.15) is 6.33 Å². The molecule has 130 valence electrons. The highest BCUT2D eigenvalue weighted by Gasteiger charge is 2.32. The molecule has 2 amide bonds. The SMILES string of the molecule is O=C(NC1CC1)C1CCCN(C(=O)c2ccc(-n3cnnn3)cc2)C1. The third kappa shape index (κ3) is 3.52. The lowest BCUT2D eigenvalue weighted by atomic mass is 9.96. The van der Waals surface area contributed by atoms with Crippen LogP contribution in [0.1, 0.15) is 36.0 Å². The first-order valence-electron chi connectivity index (χ1n) is 8.64. The van der Waals surface area contributed by atoms with Gasteiger partial charge in [0.05, 0.1) is 11.6 Å². The van der Waals surface area contributed by atoms with E-state index >= 15 is 0 Å². The van der Waals surface area contributed by atoms with Crippen molar-refractivity contribution in [3.63, 3.8) is 0 Å². The minimum Gasteiger partial charge on any atom is -0.353 e. The van der Waals surface area contributed by atoms with E-state index in [2.05, 4.69) is 20.8 Å². The van der Waals surface area contributed by atoms with Crippen LogP contribution in [0.3, 0.4) is 0 Å². The molecule has 2 aliphatic rings. The zero-order chi connectivity index (χ0) is 17.2. The van der Waals surface area contributed by atoms with Crippen molar-refractivity contribution in [2.24, 2.45) is 5.92 Å². The predicted molar refractivity (Wildman–Crippen MR) is 88.9 cm³/mol. The second kappa shape index (κ2) is 6.62. The number of nitrogens with one attached hydrogen (secondary N) is 1. The molecule has 1 aliphatic heterocycles. The van der Waals surface area contributed by atoms with Crippen LogP contribution in [0.2, 0.25) is 0 Å². The van der Waals surface area contributed by atoms with E-state index in [0.717, 1.165) is 31.4 Å². The second-order valence-corrected chi connectivity index (χ2v) is 6.67. The molecule has 1 unspecified atom stereocenters. The van der Waals surface area contributed by atoms with E-state index < -0.39 is 0 Å². The molecule has 1 aromatic heterocycles. The number of amides is 2. The Bertz CT molecular complexity index is 754. The maximum atomic E-state index is 12.7. The third-order valence-electron chi connectivity index (χ3n) is 4.73. The van der Waals surface area contributed by atoms with Gasteiger partial charge in [-0.15, -0.1) is 5.10 Å². The van der Waals surface area contributed by atoms with Gasteiger partial charge < -0.3 is 10.2 Å². The molecule has 2 fully saturated rings. The van der Waals surface area contributed by atoms with Crippen LogP contribution in [-0.4, -0.2) is 56.1 Å². The van der Waals surface area contributed by atoms with E-state index in [4.69, 9.17) is 0 Å². The van der Waals surface area contributed by atoms with Gasteiger partial charge in [0.25, 0.3) is 5.91 Å². The lowest BCUT2D eigenvalue weighted by Gasteiger charge is -2.32. The Kier molecular flexibility index (Phi) is 4.17. The zero-order valence-corrected chi connectivity index (χ0v) is 13.8. The number of tetrazole rings is 1. The Morgan fingerprint density at radius 1 is 1.12 bits per heavy atom. The maximum absolute atomic E-state index is 12.7. The summed E-state index contributed by atoms with van der Waals surface area (Å²) in [6.45, 7) is 1.19. The molecule has 1 N–H and O–H groups in total. The number of hydrogen-bond acceptors (Lipinski definition) is 5. The van der Waals surface area contributed by atoms with Crippen molar-refractivity contribution in [2.75, 3.05) is 13.1 Å². The summed E-state index contributed by atoms with van der Waals surface area (Å²) in [6.07, 6.45) is 5.37. The lowest BCUT2D eigenvalue weighted by molar-refractivity contribution is -0.126. The molecular formula is C17H20N6O2. The van der Waals surface area contributed by atoms with Crippen molar-refractivity contribution < 1.29 is 9.59 Å². The van der Waals surface area contributed by atoms with Gasteiger partial charge in [-0.1, -0.05) is 0 Å². The van der Waals surface area contributed by atoms with Crippen molar-refractivity contribution in [2.45, 2.75) is 31.7 Å². The van der Waals surface area contributed by atoms with E-state index in [-0.39, 0.29) is 17.7 Å².